The molecular weight excluding hydrogens is 354 g/mol. The Labute approximate surface area is 162 Å². The van der Waals surface area contributed by atoms with E-state index in [1.165, 1.54) is 0 Å². The Balaban J connectivity index is 1.39. The maximum Gasteiger partial charge on any atom is 0.272 e. The molecule has 0 bridgehead atoms. The van der Waals surface area contributed by atoms with Gasteiger partial charge in [0.2, 0.25) is 0 Å². The second kappa shape index (κ2) is 6.70. The molecule has 3 aromatic heterocycles. The third-order valence-electron chi connectivity index (χ3n) is 5.03. The van der Waals surface area contributed by atoms with Crippen molar-refractivity contribution in [3.8, 4) is 11.4 Å². The molecule has 3 aromatic rings. The molecule has 142 valence electrons. The largest absolute Gasteiger partial charge is 0.349 e. The first-order chi connectivity index (χ1) is 13.7. The maximum atomic E-state index is 12.3. The number of amides is 1. The van der Waals surface area contributed by atoms with Gasteiger partial charge < -0.3 is 10.2 Å². The van der Waals surface area contributed by atoms with E-state index in [0.717, 1.165) is 48.7 Å². The van der Waals surface area contributed by atoms with E-state index in [1.54, 1.807) is 12.4 Å². The molecule has 0 unspecified atom stereocenters. The highest BCUT2D eigenvalue weighted by atomic mass is 16.2. The van der Waals surface area contributed by atoms with Crippen molar-refractivity contribution in [1.82, 2.24) is 30.0 Å². The Bertz CT molecular complexity index is 1030. The number of hydrogen-bond acceptors (Lipinski definition) is 6. The molecule has 1 fully saturated rings. The summed E-state index contributed by atoms with van der Waals surface area (Å²) in [5, 5.41) is 7.48. The van der Waals surface area contributed by atoms with Crippen molar-refractivity contribution in [2.75, 3.05) is 11.4 Å². The van der Waals surface area contributed by atoms with Crippen LogP contribution in [0.3, 0.4) is 0 Å². The summed E-state index contributed by atoms with van der Waals surface area (Å²) in [6.45, 7) is 4.13. The molecule has 0 radical (unpaired) electrons. The fourth-order valence-corrected chi connectivity index (χ4v) is 3.40. The first-order valence-electron chi connectivity index (χ1n) is 9.54. The summed E-state index contributed by atoms with van der Waals surface area (Å²) in [5.41, 5.74) is 3.33. The quantitative estimate of drug-likeness (QED) is 0.750. The zero-order valence-corrected chi connectivity index (χ0v) is 15.7. The lowest BCUT2D eigenvalue weighted by Gasteiger charge is -2.29. The number of aromatic nitrogens is 5. The summed E-state index contributed by atoms with van der Waals surface area (Å²) in [6.07, 6.45) is 5.65. The summed E-state index contributed by atoms with van der Waals surface area (Å²) in [7, 11) is 0. The Morgan fingerprint density at radius 2 is 2.11 bits per heavy atom. The highest BCUT2D eigenvalue weighted by Gasteiger charge is 2.27. The van der Waals surface area contributed by atoms with Crippen LogP contribution in [-0.2, 0) is 13.1 Å². The minimum atomic E-state index is -0.0762. The first kappa shape index (κ1) is 16.9. The van der Waals surface area contributed by atoms with Crippen LogP contribution in [0.5, 0.6) is 0 Å². The Hall–Kier alpha value is -3.29. The van der Waals surface area contributed by atoms with E-state index in [1.807, 2.05) is 35.9 Å². The van der Waals surface area contributed by atoms with Crippen molar-refractivity contribution >= 4 is 11.7 Å². The van der Waals surface area contributed by atoms with E-state index in [2.05, 4.69) is 25.3 Å². The van der Waals surface area contributed by atoms with Crippen LogP contribution < -0.4 is 10.2 Å². The number of rotatable bonds is 4. The zero-order chi connectivity index (χ0) is 19.1. The van der Waals surface area contributed by atoms with Gasteiger partial charge in [-0.25, -0.2) is 9.97 Å². The van der Waals surface area contributed by atoms with Crippen molar-refractivity contribution in [3.05, 3.63) is 53.7 Å². The normalized spacial score (nSPS) is 16.0. The fraction of sp³-hybridized carbons (Fsp3) is 0.350. The van der Waals surface area contributed by atoms with Crippen molar-refractivity contribution in [3.63, 3.8) is 0 Å². The van der Waals surface area contributed by atoms with Crippen molar-refractivity contribution in [2.45, 2.75) is 38.9 Å². The van der Waals surface area contributed by atoms with Gasteiger partial charge in [0.25, 0.3) is 5.91 Å². The minimum Gasteiger partial charge on any atom is -0.349 e. The van der Waals surface area contributed by atoms with E-state index in [9.17, 15) is 4.79 Å². The van der Waals surface area contributed by atoms with Crippen LogP contribution in [0.1, 0.15) is 34.7 Å². The number of hydrogen-bond donors (Lipinski definition) is 1. The number of carbonyl (C=O) groups is 1. The van der Waals surface area contributed by atoms with Crippen LogP contribution in [0.25, 0.3) is 11.4 Å². The van der Waals surface area contributed by atoms with E-state index < -0.39 is 0 Å². The third kappa shape index (κ3) is 3.33. The molecule has 4 heterocycles. The number of anilines is 1. The molecule has 1 aliphatic heterocycles. The average molecular weight is 375 g/mol. The predicted molar refractivity (Wildman–Crippen MR) is 104 cm³/mol. The lowest BCUT2D eigenvalue weighted by atomic mass is 10.2. The fourth-order valence-electron chi connectivity index (χ4n) is 3.40. The summed E-state index contributed by atoms with van der Waals surface area (Å²) >= 11 is 0. The molecule has 1 saturated carbocycles. The van der Waals surface area contributed by atoms with Gasteiger partial charge in [0.1, 0.15) is 5.82 Å². The number of nitrogens with one attached hydrogen (secondary N) is 1. The number of fused-ring (bicyclic) bond motifs is 1. The summed E-state index contributed by atoms with van der Waals surface area (Å²) in [5.74, 6) is 1.47. The molecular formula is C20H21N7O. The third-order valence-corrected chi connectivity index (χ3v) is 5.03. The number of aryl methyl sites for hydroxylation is 1. The van der Waals surface area contributed by atoms with E-state index in [0.29, 0.717) is 24.1 Å². The molecule has 5 rings (SSSR count). The van der Waals surface area contributed by atoms with Gasteiger partial charge >= 0.3 is 0 Å². The smallest absolute Gasteiger partial charge is 0.272 e. The molecule has 1 N–H and O–H groups in total. The Morgan fingerprint density at radius 3 is 2.89 bits per heavy atom. The molecule has 8 nitrogen and oxygen atoms in total. The van der Waals surface area contributed by atoms with Crippen LogP contribution in [-0.4, -0.2) is 43.2 Å². The Kier molecular flexibility index (Phi) is 4.03. The monoisotopic (exact) mass is 375 g/mol. The summed E-state index contributed by atoms with van der Waals surface area (Å²) < 4.78 is 1.92. The molecule has 1 amide bonds. The van der Waals surface area contributed by atoms with Gasteiger partial charge in [-0.1, -0.05) is 0 Å². The SMILES string of the molecule is Cc1cc(N2CCn3nc(C(=O)NC4CC4)cc3C2)nc(-c2cccnc2)n1. The standard InChI is InChI=1S/C20H21N7O/c1-13-9-18(24-19(22-13)14-3-2-6-21-11-14)26-7-8-27-16(12-26)10-17(25-27)20(28)23-15-4-5-15/h2-3,6,9-11,15H,4-5,7-8,12H2,1H3,(H,23,28). The van der Waals surface area contributed by atoms with Gasteiger partial charge in [0, 0.05) is 42.3 Å². The second-order valence-corrected chi connectivity index (χ2v) is 7.35. The molecule has 2 aliphatic rings. The lowest BCUT2D eigenvalue weighted by Crippen LogP contribution is -2.34. The highest BCUT2D eigenvalue weighted by molar-refractivity contribution is 5.92. The van der Waals surface area contributed by atoms with Crippen molar-refractivity contribution < 1.29 is 4.79 Å². The summed E-state index contributed by atoms with van der Waals surface area (Å²) in [6, 6.07) is 8.06. The molecule has 0 spiro atoms. The second-order valence-electron chi connectivity index (χ2n) is 7.35. The lowest BCUT2D eigenvalue weighted by molar-refractivity contribution is 0.0945. The predicted octanol–water partition coefficient (Wildman–Crippen LogP) is 1.96. The topological polar surface area (TPSA) is 88.8 Å². The molecule has 0 saturated heterocycles. The van der Waals surface area contributed by atoms with E-state index in [4.69, 9.17) is 4.98 Å². The van der Waals surface area contributed by atoms with Crippen molar-refractivity contribution in [1.29, 1.82) is 0 Å². The highest BCUT2D eigenvalue weighted by Crippen LogP contribution is 2.24. The molecule has 8 heteroatoms. The molecule has 0 atom stereocenters. The van der Waals surface area contributed by atoms with Gasteiger partial charge in [-0.15, -0.1) is 0 Å². The molecule has 1 aliphatic carbocycles. The Morgan fingerprint density at radius 1 is 1.21 bits per heavy atom. The maximum absolute atomic E-state index is 12.3. The zero-order valence-electron chi connectivity index (χ0n) is 15.7. The van der Waals surface area contributed by atoms with Crippen LogP contribution in [0.15, 0.2) is 36.7 Å². The summed E-state index contributed by atoms with van der Waals surface area (Å²) in [4.78, 5) is 28.0. The van der Waals surface area contributed by atoms with Crippen LogP contribution >= 0.6 is 0 Å². The van der Waals surface area contributed by atoms with Gasteiger partial charge in [0.15, 0.2) is 11.5 Å². The van der Waals surface area contributed by atoms with Gasteiger partial charge in [0.05, 0.1) is 18.8 Å². The number of carbonyl (C=O) groups excluding carboxylic acids is 1. The number of nitrogens with zero attached hydrogens (tertiary/aromatic N) is 6. The van der Waals surface area contributed by atoms with E-state index in [-0.39, 0.29) is 5.91 Å². The minimum absolute atomic E-state index is 0.0762. The van der Waals surface area contributed by atoms with Crippen LogP contribution in [0.4, 0.5) is 5.82 Å². The van der Waals surface area contributed by atoms with Gasteiger partial charge in [-0.3, -0.25) is 14.5 Å². The average Bonchev–Trinajstić information content (AvgIpc) is 3.42. The van der Waals surface area contributed by atoms with Crippen LogP contribution in [0.2, 0.25) is 0 Å². The van der Waals surface area contributed by atoms with Gasteiger partial charge in [-0.2, -0.15) is 5.10 Å². The van der Waals surface area contributed by atoms with Crippen molar-refractivity contribution in [2.24, 2.45) is 0 Å². The first-order valence-corrected chi connectivity index (χ1v) is 9.54. The van der Waals surface area contributed by atoms with E-state index >= 15 is 0 Å². The molecule has 28 heavy (non-hydrogen) atoms. The van der Waals surface area contributed by atoms with Crippen LogP contribution in [0, 0.1) is 6.92 Å². The van der Waals surface area contributed by atoms with Gasteiger partial charge in [-0.05, 0) is 38.0 Å². The molecule has 0 aromatic carbocycles. The number of pyridine rings is 1.